The van der Waals surface area contributed by atoms with Gasteiger partial charge in [-0.1, -0.05) is 29.8 Å². The number of likely N-dealkylation sites (tertiary alicyclic amines) is 1. The number of benzene rings is 2. The molecule has 2 aromatic carbocycles. The average Bonchev–Trinajstić information content (AvgIpc) is 3.14. The lowest BCUT2D eigenvalue weighted by Gasteiger charge is -2.27. The summed E-state index contributed by atoms with van der Waals surface area (Å²) in [7, 11) is 0. The van der Waals surface area contributed by atoms with Crippen LogP contribution in [0.25, 0.3) is 0 Å². The number of hydrogen-bond acceptors (Lipinski definition) is 5. The normalized spacial score (nSPS) is 19.1. The number of nitrogens with zero attached hydrogens (tertiary/aromatic N) is 3. The topological polar surface area (TPSA) is 59.8 Å². The number of halogens is 1. The summed E-state index contributed by atoms with van der Waals surface area (Å²) in [6, 6.07) is 16.0. The highest BCUT2D eigenvalue weighted by molar-refractivity contribution is 6.32. The van der Waals surface area contributed by atoms with E-state index in [-0.39, 0.29) is 6.61 Å². The van der Waals surface area contributed by atoms with Gasteiger partial charge in [-0.25, -0.2) is 0 Å². The standard InChI is InChI=1S/C27H34ClN3O3/c1-21-4-9-25(28)26(18-21)34-20-27(32)11-3-13-30(15-12-27)19-23-5-7-24(8-6-23)33-17-16-31-14-10-22(2)29-31/h4-10,14,18,32H,3,11-13,15-17,19-20H2,1-2H3. The fourth-order valence-electron chi connectivity index (χ4n) is 4.26. The van der Waals surface area contributed by atoms with Crippen LogP contribution < -0.4 is 9.47 Å². The lowest BCUT2D eigenvalue weighted by Crippen LogP contribution is -2.37. The van der Waals surface area contributed by atoms with Gasteiger partial charge in [0, 0.05) is 19.3 Å². The van der Waals surface area contributed by atoms with E-state index in [9.17, 15) is 5.11 Å². The fraction of sp³-hybridized carbons (Fsp3) is 0.444. The third-order valence-corrected chi connectivity index (χ3v) is 6.60. The summed E-state index contributed by atoms with van der Waals surface area (Å²) < 4.78 is 13.7. The molecule has 6 nitrogen and oxygen atoms in total. The number of ether oxygens (including phenoxy) is 2. The van der Waals surface area contributed by atoms with Gasteiger partial charge in [0.2, 0.25) is 0 Å². The van der Waals surface area contributed by atoms with Crippen molar-refractivity contribution >= 4 is 11.6 Å². The second-order valence-corrected chi connectivity index (χ2v) is 9.70. The molecule has 0 bridgehead atoms. The van der Waals surface area contributed by atoms with E-state index >= 15 is 0 Å². The predicted octanol–water partition coefficient (Wildman–Crippen LogP) is 5.03. The summed E-state index contributed by atoms with van der Waals surface area (Å²) in [4.78, 5) is 2.40. The molecule has 2 heterocycles. The maximum atomic E-state index is 11.1. The van der Waals surface area contributed by atoms with Crippen LogP contribution in [0.15, 0.2) is 54.7 Å². The molecule has 1 saturated heterocycles. The minimum Gasteiger partial charge on any atom is -0.492 e. The van der Waals surface area contributed by atoms with Gasteiger partial charge >= 0.3 is 0 Å². The maximum absolute atomic E-state index is 11.1. The van der Waals surface area contributed by atoms with Crippen LogP contribution >= 0.6 is 11.6 Å². The lowest BCUT2D eigenvalue weighted by molar-refractivity contribution is -0.0168. The van der Waals surface area contributed by atoms with Crippen LogP contribution in [0.1, 0.15) is 36.1 Å². The van der Waals surface area contributed by atoms with Crippen LogP contribution in [-0.2, 0) is 13.1 Å². The van der Waals surface area contributed by atoms with Crippen molar-refractivity contribution in [2.24, 2.45) is 0 Å². The van der Waals surface area contributed by atoms with E-state index in [0.717, 1.165) is 56.0 Å². The smallest absolute Gasteiger partial charge is 0.138 e. The highest BCUT2D eigenvalue weighted by atomic mass is 35.5. The van der Waals surface area contributed by atoms with E-state index < -0.39 is 5.60 Å². The second-order valence-electron chi connectivity index (χ2n) is 9.29. The highest BCUT2D eigenvalue weighted by Crippen LogP contribution is 2.29. The molecule has 0 spiro atoms. The number of hydrogen-bond donors (Lipinski definition) is 1. The van der Waals surface area contributed by atoms with Gasteiger partial charge < -0.3 is 14.6 Å². The Labute approximate surface area is 207 Å². The molecule has 1 atom stereocenters. The number of rotatable bonds is 9. The van der Waals surface area contributed by atoms with E-state index in [1.165, 1.54) is 5.56 Å². The van der Waals surface area contributed by atoms with Crippen molar-refractivity contribution in [3.05, 3.63) is 76.6 Å². The maximum Gasteiger partial charge on any atom is 0.138 e. The van der Waals surface area contributed by atoms with Gasteiger partial charge in [-0.2, -0.15) is 5.10 Å². The minimum absolute atomic E-state index is 0.258. The van der Waals surface area contributed by atoms with Crippen molar-refractivity contribution in [2.75, 3.05) is 26.3 Å². The molecule has 1 fully saturated rings. The van der Waals surface area contributed by atoms with E-state index in [1.807, 2.05) is 61.1 Å². The Hall–Kier alpha value is -2.54. The zero-order chi connectivity index (χ0) is 24.0. The van der Waals surface area contributed by atoms with Crippen LogP contribution in [0.4, 0.5) is 0 Å². The zero-order valence-corrected chi connectivity index (χ0v) is 20.8. The monoisotopic (exact) mass is 483 g/mol. The third-order valence-electron chi connectivity index (χ3n) is 6.29. The van der Waals surface area contributed by atoms with Crippen molar-refractivity contribution in [3.63, 3.8) is 0 Å². The molecule has 0 aliphatic carbocycles. The van der Waals surface area contributed by atoms with E-state index in [0.29, 0.717) is 23.8 Å². The molecular formula is C27H34ClN3O3. The number of aliphatic hydroxyl groups is 1. The molecule has 0 amide bonds. The quantitative estimate of drug-likeness (QED) is 0.462. The Kier molecular flexibility index (Phi) is 8.14. The van der Waals surface area contributed by atoms with Crippen molar-refractivity contribution in [1.82, 2.24) is 14.7 Å². The Morgan fingerprint density at radius 2 is 1.85 bits per heavy atom. The van der Waals surface area contributed by atoms with Crippen LogP contribution in [0.3, 0.4) is 0 Å². The molecular weight excluding hydrogens is 450 g/mol. The van der Waals surface area contributed by atoms with Crippen molar-refractivity contribution in [1.29, 1.82) is 0 Å². The van der Waals surface area contributed by atoms with Gasteiger partial charge in [-0.3, -0.25) is 9.58 Å². The molecule has 4 rings (SSSR count). The number of aryl methyl sites for hydroxylation is 2. The molecule has 1 aliphatic heterocycles. The molecule has 3 aromatic rings. The first-order valence-corrected chi connectivity index (χ1v) is 12.3. The molecule has 1 aliphatic rings. The summed E-state index contributed by atoms with van der Waals surface area (Å²) in [5, 5.41) is 16.1. The Morgan fingerprint density at radius 3 is 2.62 bits per heavy atom. The fourth-order valence-corrected chi connectivity index (χ4v) is 4.44. The van der Waals surface area contributed by atoms with Gasteiger partial charge in [-0.05, 0) is 81.1 Å². The molecule has 1 N–H and O–H groups in total. The largest absolute Gasteiger partial charge is 0.492 e. The first kappa shape index (κ1) is 24.6. The molecule has 1 unspecified atom stereocenters. The van der Waals surface area contributed by atoms with E-state index in [4.69, 9.17) is 21.1 Å². The van der Waals surface area contributed by atoms with Crippen molar-refractivity contribution in [2.45, 2.75) is 51.8 Å². The minimum atomic E-state index is -0.841. The molecule has 182 valence electrons. The van der Waals surface area contributed by atoms with Crippen molar-refractivity contribution < 1.29 is 14.6 Å². The van der Waals surface area contributed by atoms with Crippen molar-refractivity contribution in [3.8, 4) is 11.5 Å². The van der Waals surface area contributed by atoms with Gasteiger partial charge in [0.15, 0.2) is 0 Å². The Bertz CT molecular complexity index is 1070. The van der Waals surface area contributed by atoms with E-state index in [1.54, 1.807) is 0 Å². The first-order valence-electron chi connectivity index (χ1n) is 11.9. The van der Waals surface area contributed by atoms with Gasteiger partial charge in [0.25, 0.3) is 0 Å². The third kappa shape index (κ3) is 6.98. The zero-order valence-electron chi connectivity index (χ0n) is 20.0. The second kappa shape index (κ2) is 11.3. The van der Waals surface area contributed by atoms with Gasteiger partial charge in [-0.15, -0.1) is 0 Å². The molecule has 7 heteroatoms. The van der Waals surface area contributed by atoms with Crippen LogP contribution in [0.2, 0.25) is 5.02 Å². The lowest BCUT2D eigenvalue weighted by atomic mass is 9.96. The van der Waals surface area contributed by atoms with Crippen LogP contribution in [-0.4, -0.2) is 51.7 Å². The Balaban J connectivity index is 1.23. The first-order chi connectivity index (χ1) is 16.4. The number of aromatic nitrogens is 2. The van der Waals surface area contributed by atoms with Gasteiger partial charge in [0.1, 0.15) is 24.7 Å². The molecule has 0 saturated carbocycles. The highest BCUT2D eigenvalue weighted by Gasteiger charge is 2.31. The summed E-state index contributed by atoms with van der Waals surface area (Å²) in [5.41, 5.74) is 2.50. The summed E-state index contributed by atoms with van der Waals surface area (Å²) in [6.07, 6.45) is 4.28. The molecule has 34 heavy (non-hydrogen) atoms. The van der Waals surface area contributed by atoms with E-state index in [2.05, 4.69) is 22.1 Å². The summed E-state index contributed by atoms with van der Waals surface area (Å²) in [6.45, 7) is 8.19. The predicted molar refractivity (Wildman–Crippen MR) is 135 cm³/mol. The molecule has 1 aromatic heterocycles. The SMILES string of the molecule is Cc1ccc(Cl)c(OCC2(O)CCCN(Cc3ccc(OCCn4ccc(C)n4)cc3)CC2)c1. The van der Waals surface area contributed by atoms with Gasteiger partial charge in [0.05, 0.1) is 22.9 Å². The Morgan fingerprint density at radius 1 is 1.03 bits per heavy atom. The molecule has 0 radical (unpaired) electrons. The average molecular weight is 484 g/mol. The van der Waals surface area contributed by atoms with Crippen LogP contribution in [0, 0.1) is 13.8 Å². The summed E-state index contributed by atoms with van der Waals surface area (Å²) in [5.74, 6) is 1.50. The van der Waals surface area contributed by atoms with Crippen LogP contribution in [0.5, 0.6) is 11.5 Å². The summed E-state index contributed by atoms with van der Waals surface area (Å²) >= 11 is 6.25.